The first-order chi connectivity index (χ1) is 21.2. The molecule has 1 aliphatic rings. The molecule has 2 aromatic carbocycles. The van der Waals surface area contributed by atoms with Crippen LogP contribution < -0.4 is 10.5 Å². The van der Waals surface area contributed by atoms with Gasteiger partial charge in [-0.15, -0.1) is 0 Å². The van der Waals surface area contributed by atoms with Gasteiger partial charge in [0.1, 0.15) is 35.6 Å². The molecule has 3 heterocycles. The number of rotatable bonds is 10. The molecule has 0 aliphatic carbocycles. The third-order valence-electron chi connectivity index (χ3n) is 6.86. The van der Waals surface area contributed by atoms with E-state index in [-0.39, 0.29) is 71.2 Å². The number of alkyl halides is 2. The summed E-state index contributed by atoms with van der Waals surface area (Å²) in [6.45, 7) is -1.17. The number of benzene rings is 2. The summed E-state index contributed by atoms with van der Waals surface area (Å²) in [6.07, 6.45) is 1.36. The van der Waals surface area contributed by atoms with Gasteiger partial charge in [-0.05, 0) is 18.2 Å². The van der Waals surface area contributed by atoms with Gasteiger partial charge in [-0.25, -0.2) is 42.0 Å². The van der Waals surface area contributed by atoms with Crippen LogP contribution in [0.25, 0.3) is 11.3 Å². The molecule has 1 unspecified atom stereocenters. The van der Waals surface area contributed by atoms with Gasteiger partial charge in [0.2, 0.25) is 5.95 Å². The topological polar surface area (TPSA) is 142 Å². The van der Waals surface area contributed by atoms with Gasteiger partial charge in [-0.1, -0.05) is 29.3 Å². The number of ether oxygens (including phenoxy) is 2. The minimum absolute atomic E-state index is 0.0897. The summed E-state index contributed by atoms with van der Waals surface area (Å²) in [5, 5.41) is 15.9. The number of carbonyl (C=O) groups is 1. The lowest BCUT2D eigenvalue weighted by atomic mass is 9.90. The van der Waals surface area contributed by atoms with Gasteiger partial charge in [-0.3, -0.25) is 4.90 Å². The molecule has 1 atom stereocenters. The average Bonchev–Trinajstić information content (AvgIpc) is 3.60. The van der Waals surface area contributed by atoms with E-state index in [1.165, 1.54) is 29.5 Å². The Hall–Kier alpha value is -4.21. The fourth-order valence-corrected chi connectivity index (χ4v) is 5.43. The number of halogens is 6. The van der Waals surface area contributed by atoms with Crippen molar-refractivity contribution in [2.45, 2.75) is 44.5 Å². The van der Waals surface area contributed by atoms with E-state index in [2.05, 4.69) is 20.1 Å². The zero-order valence-electron chi connectivity index (χ0n) is 23.5. The van der Waals surface area contributed by atoms with Crippen LogP contribution in [0.2, 0.25) is 10.0 Å². The van der Waals surface area contributed by atoms with Crippen molar-refractivity contribution in [3.8, 4) is 17.0 Å². The van der Waals surface area contributed by atoms with Crippen LogP contribution in [0.15, 0.2) is 43.0 Å². The minimum atomic E-state index is -3.22. The van der Waals surface area contributed by atoms with Gasteiger partial charge in [0.05, 0.1) is 48.2 Å². The first-order valence-electron chi connectivity index (χ1n) is 13.3. The number of amides is 1. The van der Waals surface area contributed by atoms with Gasteiger partial charge in [0, 0.05) is 35.6 Å². The Kier molecular flexibility index (Phi) is 9.05. The SMILES string of the molecule is CC(F)(F)COC(=O)N1Cc2nc(N)nc(-c3c(Cl)cc(Cl)cc3OCCC(O)(Cn3cncn3)c3ccc(F)cc3F)c2C1. The summed E-state index contributed by atoms with van der Waals surface area (Å²) in [6, 6.07) is 5.67. The van der Waals surface area contributed by atoms with Crippen molar-refractivity contribution in [2.75, 3.05) is 18.9 Å². The first kappa shape index (κ1) is 32.2. The highest BCUT2D eigenvalue weighted by Gasteiger charge is 2.35. The van der Waals surface area contributed by atoms with Crippen molar-refractivity contribution in [3.05, 3.63) is 81.5 Å². The van der Waals surface area contributed by atoms with Crippen molar-refractivity contribution in [1.82, 2.24) is 29.6 Å². The summed E-state index contributed by atoms with van der Waals surface area (Å²) in [7, 11) is 0. The summed E-state index contributed by atoms with van der Waals surface area (Å²) in [4.78, 5) is 26.0. The second-order valence-corrected chi connectivity index (χ2v) is 11.3. The van der Waals surface area contributed by atoms with E-state index in [4.69, 9.17) is 38.4 Å². The summed E-state index contributed by atoms with van der Waals surface area (Å²) >= 11 is 12.9. The molecular formula is C28H25Cl2F4N7O4. The zero-order valence-corrected chi connectivity index (χ0v) is 25.0. The molecule has 3 N–H and O–H groups in total. The molecule has 1 aliphatic heterocycles. The summed E-state index contributed by atoms with van der Waals surface area (Å²) in [5.41, 5.74) is 5.01. The zero-order chi connectivity index (χ0) is 32.5. The van der Waals surface area contributed by atoms with Crippen molar-refractivity contribution in [3.63, 3.8) is 0 Å². The lowest BCUT2D eigenvalue weighted by Gasteiger charge is -2.29. The maximum Gasteiger partial charge on any atom is 0.410 e. The lowest BCUT2D eigenvalue weighted by Crippen LogP contribution is -2.34. The molecule has 238 valence electrons. The molecular weight excluding hydrogens is 645 g/mol. The number of nitrogens with zero attached hydrogens (tertiary/aromatic N) is 6. The van der Waals surface area contributed by atoms with E-state index in [1.54, 1.807) is 0 Å². The maximum atomic E-state index is 14.9. The number of hydrogen-bond donors (Lipinski definition) is 2. The molecule has 0 bridgehead atoms. The number of carbonyl (C=O) groups excluding carboxylic acids is 1. The predicted molar refractivity (Wildman–Crippen MR) is 154 cm³/mol. The number of nitrogens with two attached hydrogens (primary N) is 1. The van der Waals surface area contributed by atoms with E-state index in [0.717, 1.165) is 17.0 Å². The van der Waals surface area contributed by atoms with Crippen molar-refractivity contribution < 1.29 is 36.9 Å². The van der Waals surface area contributed by atoms with Gasteiger partial charge in [-0.2, -0.15) is 5.10 Å². The number of fused-ring (bicyclic) bond motifs is 1. The predicted octanol–water partition coefficient (Wildman–Crippen LogP) is 5.37. The molecule has 17 heteroatoms. The number of anilines is 1. The summed E-state index contributed by atoms with van der Waals surface area (Å²) in [5.74, 6) is -5.07. The number of hydrogen-bond acceptors (Lipinski definition) is 9. The largest absolute Gasteiger partial charge is 0.493 e. The minimum Gasteiger partial charge on any atom is -0.493 e. The van der Waals surface area contributed by atoms with Crippen LogP contribution in [0.1, 0.15) is 30.2 Å². The van der Waals surface area contributed by atoms with Gasteiger partial charge in [0.15, 0.2) is 6.61 Å². The van der Waals surface area contributed by atoms with E-state index < -0.39 is 35.9 Å². The summed E-state index contributed by atoms with van der Waals surface area (Å²) < 4.78 is 67.1. The van der Waals surface area contributed by atoms with Crippen LogP contribution >= 0.6 is 23.2 Å². The van der Waals surface area contributed by atoms with Crippen LogP contribution in [0.5, 0.6) is 5.75 Å². The molecule has 0 saturated heterocycles. The second kappa shape index (κ2) is 12.7. The molecule has 1 amide bonds. The highest BCUT2D eigenvalue weighted by Crippen LogP contribution is 2.43. The Bertz CT molecular complexity index is 1730. The Morgan fingerprint density at radius 3 is 2.62 bits per heavy atom. The van der Waals surface area contributed by atoms with Crippen LogP contribution in [-0.4, -0.2) is 60.0 Å². The molecule has 0 radical (unpaired) electrons. The quantitative estimate of drug-likeness (QED) is 0.213. The van der Waals surface area contributed by atoms with E-state index in [0.29, 0.717) is 24.2 Å². The molecule has 0 fully saturated rings. The Morgan fingerprint density at radius 1 is 1.16 bits per heavy atom. The highest BCUT2D eigenvalue weighted by atomic mass is 35.5. The third kappa shape index (κ3) is 7.37. The second-order valence-electron chi connectivity index (χ2n) is 10.4. The Morgan fingerprint density at radius 2 is 1.93 bits per heavy atom. The normalized spacial score (nSPS) is 14.3. The van der Waals surface area contributed by atoms with Crippen molar-refractivity contribution in [2.24, 2.45) is 0 Å². The van der Waals surface area contributed by atoms with Gasteiger partial charge in [0.25, 0.3) is 5.92 Å². The molecule has 11 nitrogen and oxygen atoms in total. The maximum absolute atomic E-state index is 14.9. The monoisotopic (exact) mass is 669 g/mol. The van der Waals surface area contributed by atoms with Gasteiger partial charge >= 0.3 is 6.09 Å². The third-order valence-corrected chi connectivity index (χ3v) is 7.37. The van der Waals surface area contributed by atoms with Gasteiger partial charge < -0.3 is 20.3 Å². The molecule has 2 aromatic heterocycles. The number of aromatic nitrogens is 5. The van der Waals surface area contributed by atoms with Crippen LogP contribution in [0, 0.1) is 11.6 Å². The molecule has 0 spiro atoms. The molecule has 45 heavy (non-hydrogen) atoms. The van der Waals surface area contributed by atoms with Crippen molar-refractivity contribution in [1.29, 1.82) is 0 Å². The van der Waals surface area contributed by atoms with Crippen LogP contribution in [0.3, 0.4) is 0 Å². The number of nitrogen functional groups attached to an aromatic ring is 1. The molecule has 0 saturated carbocycles. The Balaban J connectivity index is 1.44. The average molecular weight is 670 g/mol. The van der Waals surface area contributed by atoms with Crippen molar-refractivity contribution >= 4 is 35.2 Å². The Labute approximate surface area is 263 Å². The van der Waals surface area contributed by atoms with E-state index >= 15 is 0 Å². The first-order valence-corrected chi connectivity index (χ1v) is 14.1. The smallest absolute Gasteiger partial charge is 0.410 e. The fourth-order valence-electron chi connectivity index (χ4n) is 4.86. The fraction of sp³-hybridized carbons (Fsp3) is 0.321. The lowest BCUT2D eigenvalue weighted by molar-refractivity contribution is -0.0455. The van der Waals surface area contributed by atoms with E-state index in [1.807, 2.05) is 0 Å². The molecule has 4 aromatic rings. The van der Waals surface area contributed by atoms with Crippen LogP contribution in [0.4, 0.5) is 28.3 Å². The molecule has 5 rings (SSSR count). The van der Waals surface area contributed by atoms with Crippen LogP contribution in [-0.2, 0) is 30.0 Å². The highest BCUT2D eigenvalue weighted by molar-refractivity contribution is 6.37. The number of aliphatic hydroxyl groups is 1. The standard InChI is InChI=1S/C28H25Cl2F4N7O4/c1-27(33,34)12-45-26(42)40-9-17-21(10-40)38-25(35)39-24(17)23-19(30)6-15(29)7-22(23)44-5-4-28(43,11-41-14-36-13-37-41)18-3-2-16(31)8-20(18)32/h2-3,6-8,13-14,43H,4-5,9-12H2,1H3,(H2,35,38,39). The van der Waals surface area contributed by atoms with E-state index in [9.17, 15) is 27.5 Å².